The molecule has 0 fully saturated rings. The van der Waals surface area contributed by atoms with Crippen molar-refractivity contribution in [2.45, 2.75) is 26.1 Å². The first-order valence-electron chi connectivity index (χ1n) is 9.91. The van der Waals surface area contributed by atoms with Crippen LogP contribution in [0.25, 0.3) is 28.2 Å². The van der Waals surface area contributed by atoms with Gasteiger partial charge in [-0.15, -0.1) is 0 Å². The minimum absolute atomic E-state index is 0.0414. The van der Waals surface area contributed by atoms with Crippen molar-refractivity contribution < 1.29 is 17.9 Å². The maximum atomic E-state index is 13.5. The first-order valence-corrected chi connectivity index (χ1v) is 9.91. The molecule has 3 aromatic carbocycles. The van der Waals surface area contributed by atoms with Crippen LogP contribution in [0.15, 0.2) is 85.2 Å². The third-order valence-corrected chi connectivity index (χ3v) is 4.82. The fourth-order valence-corrected chi connectivity index (χ4v) is 3.50. The van der Waals surface area contributed by atoms with Crippen molar-refractivity contribution in [1.29, 1.82) is 0 Å². The molecule has 0 aliphatic rings. The van der Waals surface area contributed by atoms with E-state index in [0.717, 1.165) is 28.6 Å². The van der Waals surface area contributed by atoms with Crippen molar-refractivity contribution in [2.75, 3.05) is 0 Å². The number of rotatable bonds is 5. The summed E-state index contributed by atoms with van der Waals surface area (Å²) in [6, 6.07) is 20.8. The summed E-state index contributed by atoms with van der Waals surface area (Å²) in [5.74, 6) is 1.02. The van der Waals surface area contributed by atoms with Crippen LogP contribution in [0.5, 0.6) is 5.75 Å². The maximum absolute atomic E-state index is 13.5. The van der Waals surface area contributed by atoms with Gasteiger partial charge in [0, 0.05) is 29.2 Å². The van der Waals surface area contributed by atoms with Gasteiger partial charge in [-0.3, -0.25) is 4.57 Å². The van der Waals surface area contributed by atoms with Gasteiger partial charge in [0.1, 0.15) is 11.6 Å². The molecule has 0 aliphatic heterocycles. The van der Waals surface area contributed by atoms with Crippen molar-refractivity contribution in [3.05, 3.63) is 90.8 Å². The maximum Gasteiger partial charge on any atom is 0.417 e. The highest BCUT2D eigenvalue weighted by Gasteiger charge is 2.34. The molecule has 0 saturated heterocycles. The van der Waals surface area contributed by atoms with E-state index in [1.54, 1.807) is 16.8 Å². The summed E-state index contributed by atoms with van der Waals surface area (Å²) >= 11 is 0. The highest BCUT2D eigenvalue weighted by molar-refractivity contribution is 5.72. The number of hydrogen-bond donors (Lipinski definition) is 0. The molecule has 0 N–H and O–H groups in total. The van der Waals surface area contributed by atoms with E-state index in [1.807, 2.05) is 62.4 Å². The number of alkyl halides is 3. The van der Waals surface area contributed by atoms with Gasteiger partial charge < -0.3 is 4.74 Å². The topological polar surface area (TPSA) is 27.1 Å². The molecule has 0 saturated carbocycles. The zero-order valence-corrected chi connectivity index (χ0v) is 17.1. The van der Waals surface area contributed by atoms with E-state index in [0.29, 0.717) is 0 Å². The molecular formula is C25H21F3N2O. The largest absolute Gasteiger partial charge is 0.490 e. The number of imidazole rings is 1. The van der Waals surface area contributed by atoms with Crippen LogP contribution in [0.4, 0.5) is 13.2 Å². The number of benzene rings is 3. The van der Waals surface area contributed by atoms with Crippen LogP contribution in [-0.4, -0.2) is 15.7 Å². The number of hydrogen-bond acceptors (Lipinski definition) is 2. The summed E-state index contributed by atoms with van der Waals surface area (Å²) in [6.07, 6.45) is -1.25. The summed E-state index contributed by atoms with van der Waals surface area (Å²) in [6.45, 7) is 3.94. The summed E-state index contributed by atoms with van der Waals surface area (Å²) < 4.78 is 48.0. The van der Waals surface area contributed by atoms with Crippen LogP contribution >= 0.6 is 0 Å². The molecule has 0 amide bonds. The Morgan fingerprint density at radius 3 is 2.16 bits per heavy atom. The SMILES string of the molecule is CC(C)Oc1ccccc1-c1ccc(-n2ccnc2-c2ccccc2C(F)(F)F)cc1. The van der Waals surface area contributed by atoms with Gasteiger partial charge in [0.15, 0.2) is 0 Å². The van der Waals surface area contributed by atoms with E-state index in [9.17, 15) is 13.2 Å². The van der Waals surface area contributed by atoms with E-state index in [4.69, 9.17) is 4.74 Å². The highest BCUT2D eigenvalue weighted by Crippen LogP contribution is 2.37. The Morgan fingerprint density at radius 1 is 0.839 bits per heavy atom. The Labute approximate surface area is 178 Å². The smallest absolute Gasteiger partial charge is 0.417 e. The molecule has 0 spiro atoms. The van der Waals surface area contributed by atoms with Crippen LogP contribution in [0.1, 0.15) is 19.4 Å². The fourth-order valence-electron chi connectivity index (χ4n) is 3.50. The van der Waals surface area contributed by atoms with Gasteiger partial charge in [-0.1, -0.05) is 48.5 Å². The predicted molar refractivity (Wildman–Crippen MR) is 115 cm³/mol. The van der Waals surface area contributed by atoms with Gasteiger partial charge in [0.05, 0.1) is 11.7 Å². The van der Waals surface area contributed by atoms with Crippen molar-refractivity contribution in [1.82, 2.24) is 9.55 Å². The van der Waals surface area contributed by atoms with Gasteiger partial charge in [-0.25, -0.2) is 4.98 Å². The molecule has 0 radical (unpaired) electrons. The average Bonchev–Trinajstić information content (AvgIpc) is 3.23. The quantitative estimate of drug-likeness (QED) is 0.346. The lowest BCUT2D eigenvalue weighted by molar-refractivity contribution is -0.137. The standard InChI is InChI=1S/C25H21F3N2O/c1-17(2)31-23-10-6-4-7-20(23)18-11-13-19(14-12-18)30-16-15-29-24(30)21-8-3-5-9-22(21)25(26,27)28/h3-17H,1-2H3. The third kappa shape index (κ3) is 4.33. The molecule has 1 heterocycles. The van der Waals surface area contributed by atoms with Crippen molar-refractivity contribution in [3.8, 4) is 34.0 Å². The van der Waals surface area contributed by atoms with Crippen LogP contribution in [0, 0.1) is 0 Å². The lowest BCUT2D eigenvalue weighted by Gasteiger charge is -2.16. The summed E-state index contributed by atoms with van der Waals surface area (Å²) in [5.41, 5.74) is 1.96. The Hall–Kier alpha value is -3.54. The molecule has 3 nitrogen and oxygen atoms in total. The number of halogens is 3. The molecule has 0 bridgehead atoms. The Bertz CT molecular complexity index is 1180. The van der Waals surface area contributed by atoms with Crippen LogP contribution < -0.4 is 4.74 Å². The van der Waals surface area contributed by atoms with Gasteiger partial charge in [0.2, 0.25) is 0 Å². The van der Waals surface area contributed by atoms with Gasteiger partial charge in [-0.2, -0.15) is 13.2 Å². The lowest BCUT2D eigenvalue weighted by atomic mass is 10.0. The van der Waals surface area contributed by atoms with Crippen molar-refractivity contribution in [3.63, 3.8) is 0 Å². The monoisotopic (exact) mass is 422 g/mol. The molecule has 158 valence electrons. The van der Waals surface area contributed by atoms with E-state index in [-0.39, 0.29) is 17.5 Å². The minimum atomic E-state index is -4.46. The van der Waals surface area contributed by atoms with E-state index >= 15 is 0 Å². The number of nitrogens with zero attached hydrogens (tertiary/aromatic N) is 2. The molecule has 0 atom stereocenters. The highest BCUT2D eigenvalue weighted by atomic mass is 19.4. The molecule has 31 heavy (non-hydrogen) atoms. The predicted octanol–water partition coefficient (Wildman–Crippen LogP) is 7.01. The number of para-hydroxylation sites is 1. The average molecular weight is 422 g/mol. The second kappa shape index (κ2) is 8.30. The summed E-state index contributed by atoms with van der Waals surface area (Å²) in [5, 5.41) is 0. The Kier molecular flexibility index (Phi) is 5.55. The fraction of sp³-hybridized carbons (Fsp3) is 0.160. The number of ether oxygens (including phenoxy) is 1. The van der Waals surface area contributed by atoms with Crippen molar-refractivity contribution >= 4 is 0 Å². The minimum Gasteiger partial charge on any atom is -0.490 e. The van der Waals surface area contributed by atoms with Gasteiger partial charge in [-0.05, 0) is 43.7 Å². The lowest BCUT2D eigenvalue weighted by Crippen LogP contribution is -2.09. The second-order valence-corrected chi connectivity index (χ2v) is 7.37. The molecule has 1 aromatic heterocycles. The summed E-state index contributed by atoms with van der Waals surface area (Å²) in [4.78, 5) is 4.21. The third-order valence-electron chi connectivity index (χ3n) is 4.82. The first kappa shape index (κ1) is 20.7. The molecular weight excluding hydrogens is 401 g/mol. The van der Waals surface area contributed by atoms with E-state index < -0.39 is 11.7 Å². The number of aromatic nitrogens is 2. The summed E-state index contributed by atoms with van der Waals surface area (Å²) in [7, 11) is 0. The molecule has 0 unspecified atom stereocenters. The zero-order chi connectivity index (χ0) is 22.0. The Balaban J connectivity index is 1.72. The van der Waals surface area contributed by atoms with Crippen LogP contribution in [0.3, 0.4) is 0 Å². The van der Waals surface area contributed by atoms with Crippen LogP contribution in [-0.2, 0) is 6.18 Å². The second-order valence-electron chi connectivity index (χ2n) is 7.37. The first-order chi connectivity index (χ1) is 14.8. The Morgan fingerprint density at radius 2 is 1.48 bits per heavy atom. The molecule has 4 aromatic rings. The molecule has 6 heteroatoms. The van der Waals surface area contributed by atoms with Gasteiger partial charge >= 0.3 is 6.18 Å². The van der Waals surface area contributed by atoms with E-state index in [1.165, 1.54) is 18.3 Å². The van der Waals surface area contributed by atoms with Crippen molar-refractivity contribution in [2.24, 2.45) is 0 Å². The molecule has 4 rings (SSSR count). The van der Waals surface area contributed by atoms with Gasteiger partial charge in [0.25, 0.3) is 0 Å². The molecule has 0 aliphatic carbocycles. The zero-order valence-electron chi connectivity index (χ0n) is 17.1. The normalized spacial score (nSPS) is 11.7. The van der Waals surface area contributed by atoms with E-state index in [2.05, 4.69) is 4.98 Å². The van der Waals surface area contributed by atoms with Crippen LogP contribution in [0.2, 0.25) is 0 Å².